The summed E-state index contributed by atoms with van der Waals surface area (Å²) in [7, 11) is 1.61. The Morgan fingerprint density at radius 3 is 3.00 bits per heavy atom. The van der Waals surface area contributed by atoms with Crippen LogP contribution in [0.15, 0.2) is 6.33 Å². The largest absolute Gasteiger partial charge is 0.394 e. The molecule has 3 N–H and O–H groups in total. The SMILES string of the molecule is CNc1nc(F)nc2c1ncn2[C@@H]1C[C@@H](O)[C@H](CO)O1. The topological polar surface area (TPSA) is 105 Å². The molecule has 3 heterocycles. The van der Waals surface area contributed by atoms with Gasteiger partial charge >= 0.3 is 6.08 Å². The van der Waals surface area contributed by atoms with E-state index in [4.69, 9.17) is 9.84 Å². The van der Waals surface area contributed by atoms with Gasteiger partial charge in [0.1, 0.15) is 12.3 Å². The third-order valence-electron chi connectivity index (χ3n) is 3.33. The van der Waals surface area contributed by atoms with E-state index in [0.29, 0.717) is 5.52 Å². The lowest BCUT2D eigenvalue weighted by Crippen LogP contribution is -2.24. The fourth-order valence-electron chi connectivity index (χ4n) is 2.33. The lowest BCUT2D eigenvalue weighted by molar-refractivity contribution is -0.0432. The second-order valence-corrected chi connectivity index (χ2v) is 4.53. The quantitative estimate of drug-likeness (QED) is 0.661. The van der Waals surface area contributed by atoms with Crippen LogP contribution in [0, 0.1) is 6.08 Å². The molecule has 3 rings (SSSR count). The average Bonchev–Trinajstić information content (AvgIpc) is 3.00. The Bertz CT molecular complexity index is 634. The molecular weight excluding hydrogens is 269 g/mol. The molecule has 0 radical (unpaired) electrons. The third-order valence-corrected chi connectivity index (χ3v) is 3.33. The smallest absolute Gasteiger partial charge is 0.312 e. The number of imidazole rings is 1. The van der Waals surface area contributed by atoms with Gasteiger partial charge in [-0.15, -0.1) is 0 Å². The average molecular weight is 283 g/mol. The highest BCUT2D eigenvalue weighted by Crippen LogP contribution is 2.31. The molecule has 0 saturated carbocycles. The van der Waals surface area contributed by atoms with Crippen molar-refractivity contribution in [3.8, 4) is 0 Å². The summed E-state index contributed by atoms with van der Waals surface area (Å²) < 4.78 is 20.5. The van der Waals surface area contributed by atoms with Crippen LogP contribution in [-0.4, -0.2) is 55.6 Å². The van der Waals surface area contributed by atoms with Crippen LogP contribution in [0.5, 0.6) is 0 Å². The van der Waals surface area contributed by atoms with Crippen molar-refractivity contribution in [2.75, 3.05) is 19.0 Å². The van der Waals surface area contributed by atoms with Gasteiger partial charge in [0.15, 0.2) is 17.0 Å². The van der Waals surface area contributed by atoms with Crippen molar-refractivity contribution in [2.24, 2.45) is 0 Å². The van der Waals surface area contributed by atoms with Crippen molar-refractivity contribution in [1.82, 2.24) is 19.5 Å². The lowest BCUT2D eigenvalue weighted by Gasteiger charge is -2.13. The maximum atomic E-state index is 13.4. The molecule has 0 amide bonds. The number of aromatic nitrogens is 4. The molecule has 8 nitrogen and oxygen atoms in total. The maximum Gasteiger partial charge on any atom is 0.312 e. The number of nitrogens with zero attached hydrogens (tertiary/aromatic N) is 4. The Balaban J connectivity index is 2.03. The molecule has 0 bridgehead atoms. The van der Waals surface area contributed by atoms with Crippen LogP contribution < -0.4 is 5.32 Å². The first-order valence-corrected chi connectivity index (χ1v) is 6.16. The zero-order valence-corrected chi connectivity index (χ0v) is 10.7. The summed E-state index contributed by atoms with van der Waals surface area (Å²) in [6.45, 7) is -0.282. The third kappa shape index (κ3) is 1.99. The first-order chi connectivity index (χ1) is 9.63. The number of anilines is 1. The minimum atomic E-state index is -0.874. The molecule has 2 aromatic rings. The van der Waals surface area contributed by atoms with Gasteiger partial charge in [0.25, 0.3) is 0 Å². The van der Waals surface area contributed by atoms with Crippen LogP contribution in [0.25, 0.3) is 11.2 Å². The minimum Gasteiger partial charge on any atom is -0.394 e. The Kier molecular flexibility index (Phi) is 3.24. The lowest BCUT2D eigenvalue weighted by atomic mass is 10.2. The number of hydrogen-bond acceptors (Lipinski definition) is 7. The van der Waals surface area contributed by atoms with E-state index in [2.05, 4.69) is 20.3 Å². The molecule has 20 heavy (non-hydrogen) atoms. The molecule has 1 fully saturated rings. The highest BCUT2D eigenvalue weighted by atomic mass is 19.1. The fraction of sp³-hybridized carbons (Fsp3) is 0.545. The molecule has 0 unspecified atom stereocenters. The molecule has 0 spiro atoms. The minimum absolute atomic E-state index is 0.275. The van der Waals surface area contributed by atoms with Gasteiger partial charge in [-0.1, -0.05) is 0 Å². The molecule has 1 aliphatic rings. The van der Waals surface area contributed by atoms with Gasteiger partial charge in [-0.05, 0) is 0 Å². The van der Waals surface area contributed by atoms with Crippen LogP contribution in [0.1, 0.15) is 12.6 Å². The van der Waals surface area contributed by atoms with Gasteiger partial charge < -0.3 is 20.3 Å². The zero-order valence-electron chi connectivity index (χ0n) is 10.7. The number of aliphatic hydroxyl groups is 2. The summed E-state index contributed by atoms with van der Waals surface area (Å²) in [6, 6.07) is 0. The van der Waals surface area contributed by atoms with E-state index < -0.39 is 24.5 Å². The number of rotatable bonds is 3. The summed E-state index contributed by atoms with van der Waals surface area (Å²) in [5.74, 6) is 0.281. The number of ether oxygens (including phenoxy) is 1. The molecule has 9 heteroatoms. The van der Waals surface area contributed by atoms with Crippen molar-refractivity contribution >= 4 is 17.0 Å². The second-order valence-electron chi connectivity index (χ2n) is 4.53. The second kappa shape index (κ2) is 4.93. The maximum absolute atomic E-state index is 13.4. The van der Waals surface area contributed by atoms with Gasteiger partial charge in [-0.25, -0.2) is 4.98 Å². The molecular formula is C11H14FN5O3. The van der Waals surface area contributed by atoms with Crippen molar-refractivity contribution in [2.45, 2.75) is 24.9 Å². The first kappa shape index (κ1) is 13.2. The Morgan fingerprint density at radius 1 is 1.55 bits per heavy atom. The van der Waals surface area contributed by atoms with Crippen LogP contribution >= 0.6 is 0 Å². The van der Waals surface area contributed by atoms with E-state index in [1.165, 1.54) is 10.9 Å². The first-order valence-electron chi connectivity index (χ1n) is 6.16. The van der Waals surface area contributed by atoms with Crippen molar-refractivity contribution in [3.05, 3.63) is 12.4 Å². The highest BCUT2D eigenvalue weighted by Gasteiger charge is 2.35. The summed E-state index contributed by atoms with van der Waals surface area (Å²) >= 11 is 0. The summed E-state index contributed by atoms with van der Waals surface area (Å²) in [5.41, 5.74) is 0.692. The molecule has 3 atom stereocenters. The highest BCUT2D eigenvalue weighted by molar-refractivity contribution is 5.82. The number of aliphatic hydroxyl groups excluding tert-OH is 2. The Hall–Kier alpha value is -1.84. The molecule has 108 valence electrons. The van der Waals surface area contributed by atoms with Crippen LogP contribution in [0.4, 0.5) is 10.2 Å². The van der Waals surface area contributed by atoms with Gasteiger partial charge in [0, 0.05) is 13.5 Å². The van der Waals surface area contributed by atoms with Gasteiger partial charge in [-0.3, -0.25) is 4.57 Å². The standard InChI is InChI=1S/C11H14FN5O3/c1-13-9-8-10(16-11(12)15-9)17(4-14-8)7-2-5(19)6(3-18)20-7/h4-7,18-19H,2-3H2,1H3,(H,13,15,16)/t5-,6+,7+/m1/s1. The fourth-order valence-corrected chi connectivity index (χ4v) is 2.33. The number of nitrogens with one attached hydrogen (secondary N) is 1. The molecule has 1 aliphatic heterocycles. The number of halogens is 1. The predicted molar refractivity (Wildman–Crippen MR) is 66.4 cm³/mol. The van der Waals surface area contributed by atoms with E-state index in [-0.39, 0.29) is 24.5 Å². The summed E-state index contributed by atoms with van der Waals surface area (Å²) in [4.78, 5) is 11.5. The van der Waals surface area contributed by atoms with E-state index in [1.54, 1.807) is 7.05 Å². The number of fused-ring (bicyclic) bond motifs is 1. The zero-order chi connectivity index (χ0) is 14.3. The molecule has 1 saturated heterocycles. The molecule has 0 aliphatic carbocycles. The van der Waals surface area contributed by atoms with Crippen molar-refractivity contribution in [1.29, 1.82) is 0 Å². The summed E-state index contributed by atoms with van der Waals surface area (Å²) in [6.07, 6.45) is -1.13. The van der Waals surface area contributed by atoms with E-state index in [9.17, 15) is 9.50 Å². The van der Waals surface area contributed by atoms with Crippen molar-refractivity contribution < 1.29 is 19.3 Å². The van der Waals surface area contributed by atoms with Crippen molar-refractivity contribution in [3.63, 3.8) is 0 Å². The van der Waals surface area contributed by atoms with Gasteiger partial charge in [-0.2, -0.15) is 14.4 Å². The van der Waals surface area contributed by atoms with E-state index in [0.717, 1.165) is 0 Å². The Labute approximate surface area is 113 Å². The van der Waals surface area contributed by atoms with E-state index >= 15 is 0 Å². The predicted octanol–water partition coefficient (Wildman–Crippen LogP) is -0.352. The van der Waals surface area contributed by atoms with Gasteiger partial charge in [0.2, 0.25) is 0 Å². The molecule has 0 aromatic carbocycles. The normalized spacial score (nSPS) is 26.3. The summed E-state index contributed by atoms with van der Waals surface area (Å²) in [5, 5.41) is 21.6. The van der Waals surface area contributed by atoms with Gasteiger partial charge in [0.05, 0.1) is 19.0 Å². The van der Waals surface area contributed by atoms with Crippen LogP contribution in [0.2, 0.25) is 0 Å². The number of hydrogen-bond donors (Lipinski definition) is 3. The van der Waals surface area contributed by atoms with Crippen LogP contribution in [0.3, 0.4) is 0 Å². The monoisotopic (exact) mass is 283 g/mol. The van der Waals surface area contributed by atoms with E-state index in [1.807, 2.05) is 0 Å². The van der Waals surface area contributed by atoms with Crippen LogP contribution in [-0.2, 0) is 4.74 Å². The Morgan fingerprint density at radius 2 is 2.35 bits per heavy atom. The molecule has 2 aromatic heterocycles.